The summed E-state index contributed by atoms with van der Waals surface area (Å²) < 4.78 is 34.1. The maximum atomic E-state index is 12.4. The van der Waals surface area contributed by atoms with Crippen molar-refractivity contribution < 1.29 is 22.7 Å². The van der Waals surface area contributed by atoms with E-state index in [1.54, 1.807) is 12.0 Å². The third-order valence-electron chi connectivity index (χ3n) is 4.50. The van der Waals surface area contributed by atoms with Crippen LogP contribution in [0.25, 0.3) is 0 Å². The van der Waals surface area contributed by atoms with E-state index in [-0.39, 0.29) is 36.2 Å². The van der Waals surface area contributed by atoms with Gasteiger partial charge in [0.15, 0.2) is 9.84 Å². The number of ether oxygens (including phenoxy) is 2. The molecule has 0 radical (unpaired) electrons. The Morgan fingerprint density at radius 2 is 1.91 bits per heavy atom. The largest absolute Gasteiger partial charge is 0.383 e. The van der Waals surface area contributed by atoms with Gasteiger partial charge in [-0.1, -0.05) is 19.3 Å². The minimum Gasteiger partial charge on any atom is -0.383 e. The fourth-order valence-corrected chi connectivity index (χ4v) is 4.96. The standard InChI is InChI=1S/C15H27NO5S/c1-20-9-8-16(13-7-10-22(18,19)12-13)15(17)11-21-14-5-3-2-4-6-14/h13-14H,2-12H2,1H3/t13-/m1/s1. The third-order valence-corrected chi connectivity index (χ3v) is 6.25. The maximum Gasteiger partial charge on any atom is 0.248 e. The first-order chi connectivity index (χ1) is 10.5. The molecule has 0 spiro atoms. The molecular formula is C15H27NO5S. The minimum absolute atomic E-state index is 0.0466. The van der Waals surface area contributed by atoms with Crippen LogP contribution in [0.5, 0.6) is 0 Å². The lowest BCUT2D eigenvalue weighted by Crippen LogP contribution is -2.45. The number of carbonyl (C=O) groups is 1. The Kier molecular flexibility index (Phi) is 6.65. The van der Waals surface area contributed by atoms with Gasteiger partial charge in [-0.2, -0.15) is 0 Å². The molecule has 7 heteroatoms. The predicted octanol–water partition coefficient (Wildman–Crippen LogP) is 0.998. The quantitative estimate of drug-likeness (QED) is 0.695. The van der Waals surface area contributed by atoms with Crippen LogP contribution < -0.4 is 0 Å². The summed E-state index contributed by atoms with van der Waals surface area (Å²) in [5, 5.41) is 0. The molecule has 1 saturated carbocycles. The number of carbonyl (C=O) groups excluding carboxylic acids is 1. The van der Waals surface area contributed by atoms with Gasteiger partial charge in [0, 0.05) is 19.7 Å². The molecule has 0 bridgehead atoms. The maximum absolute atomic E-state index is 12.4. The van der Waals surface area contributed by atoms with Crippen LogP contribution in [0.2, 0.25) is 0 Å². The molecule has 1 saturated heterocycles. The highest BCUT2D eigenvalue weighted by Gasteiger charge is 2.34. The van der Waals surface area contributed by atoms with E-state index in [1.165, 1.54) is 6.42 Å². The Morgan fingerprint density at radius 3 is 2.50 bits per heavy atom. The first-order valence-electron chi connectivity index (χ1n) is 8.12. The molecule has 22 heavy (non-hydrogen) atoms. The third kappa shape index (κ3) is 5.21. The van der Waals surface area contributed by atoms with Gasteiger partial charge in [-0.15, -0.1) is 0 Å². The minimum atomic E-state index is -3.01. The second-order valence-electron chi connectivity index (χ2n) is 6.21. The molecule has 2 aliphatic rings. The number of nitrogens with zero attached hydrogens (tertiary/aromatic N) is 1. The molecule has 6 nitrogen and oxygen atoms in total. The van der Waals surface area contributed by atoms with Crippen LogP contribution in [0, 0.1) is 0 Å². The number of hydrogen-bond donors (Lipinski definition) is 0. The Bertz CT molecular complexity index is 459. The summed E-state index contributed by atoms with van der Waals surface area (Å²) in [7, 11) is -1.43. The number of amides is 1. The molecule has 2 rings (SSSR count). The lowest BCUT2D eigenvalue weighted by atomic mass is 9.98. The van der Waals surface area contributed by atoms with E-state index < -0.39 is 9.84 Å². The number of sulfone groups is 1. The molecule has 1 heterocycles. The first-order valence-corrected chi connectivity index (χ1v) is 9.94. The Hall–Kier alpha value is -0.660. The van der Waals surface area contributed by atoms with Gasteiger partial charge in [0.25, 0.3) is 0 Å². The zero-order valence-corrected chi connectivity index (χ0v) is 14.1. The fraction of sp³-hybridized carbons (Fsp3) is 0.933. The van der Waals surface area contributed by atoms with Gasteiger partial charge in [-0.25, -0.2) is 8.42 Å². The Balaban J connectivity index is 1.88. The summed E-state index contributed by atoms with van der Waals surface area (Å²) in [6.45, 7) is 0.875. The lowest BCUT2D eigenvalue weighted by molar-refractivity contribution is -0.141. The van der Waals surface area contributed by atoms with Gasteiger partial charge in [0.1, 0.15) is 6.61 Å². The molecule has 0 aromatic rings. The van der Waals surface area contributed by atoms with Crippen LogP contribution in [0.15, 0.2) is 0 Å². The average Bonchev–Trinajstić information content (AvgIpc) is 2.86. The van der Waals surface area contributed by atoms with Crippen LogP contribution in [0.1, 0.15) is 38.5 Å². The van der Waals surface area contributed by atoms with E-state index in [0.29, 0.717) is 19.6 Å². The van der Waals surface area contributed by atoms with E-state index in [9.17, 15) is 13.2 Å². The Morgan fingerprint density at radius 1 is 1.18 bits per heavy atom. The van der Waals surface area contributed by atoms with Crippen molar-refractivity contribution in [1.29, 1.82) is 0 Å². The summed E-state index contributed by atoms with van der Waals surface area (Å²) in [5.74, 6) is 0.105. The summed E-state index contributed by atoms with van der Waals surface area (Å²) in [5.41, 5.74) is 0. The zero-order chi connectivity index (χ0) is 16.0. The molecule has 0 aromatic heterocycles. The SMILES string of the molecule is COCCN(C(=O)COC1CCCCC1)[C@@H]1CCS(=O)(=O)C1. The Labute approximate surface area is 133 Å². The molecule has 1 amide bonds. The summed E-state index contributed by atoms with van der Waals surface area (Å²) >= 11 is 0. The average molecular weight is 333 g/mol. The zero-order valence-electron chi connectivity index (χ0n) is 13.3. The smallest absolute Gasteiger partial charge is 0.248 e. The number of rotatable bonds is 7. The van der Waals surface area contributed by atoms with E-state index >= 15 is 0 Å². The van der Waals surface area contributed by atoms with Gasteiger partial charge in [0.05, 0.1) is 24.2 Å². The predicted molar refractivity (Wildman–Crippen MR) is 83.5 cm³/mol. The van der Waals surface area contributed by atoms with Gasteiger partial charge in [-0.3, -0.25) is 4.79 Å². The van der Waals surface area contributed by atoms with E-state index in [2.05, 4.69) is 0 Å². The first kappa shape index (κ1) is 17.7. The van der Waals surface area contributed by atoms with Crippen LogP contribution in [-0.2, 0) is 24.1 Å². The summed E-state index contributed by atoms with van der Waals surface area (Å²) in [4.78, 5) is 14.1. The molecule has 2 fully saturated rings. The topological polar surface area (TPSA) is 72.9 Å². The van der Waals surface area contributed by atoms with E-state index in [1.807, 2.05) is 0 Å². The van der Waals surface area contributed by atoms with Crippen LogP contribution in [-0.4, -0.2) is 69.7 Å². The molecule has 1 aliphatic carbocycles. The lowest BCUT2D eigenvalue weighted by Gasteiger charge is -2.29. The van der Waals surface area contributed by atoms with Crippen LogP contribution >= 0.6 is 0 Å². The molecule has 0 aromatic carbocycles. The highest BCUT2D eigenvalue weighted by Crippen LogP contribution is 2.21. The van der Waals surface area contributed by atoms with Crippen molar-refractivity contribution in [3.8, 4) is 0 Å². The van der Waals surface area contributed by atoms with Crippen molar-refractivity contribution in [3.63, 3.8) is 0 Å². The van der Waals surface area contributed by atoms with Crippen molar-refractivity contribution in [3.05, 3.63) is 0 Å². The molecular weight excluding hydrogens is 306 g/mol. The van der Waals surface area contributed by atoms with Gasteiger partial charge >= 0.3 is 0 Å². The van der Waals surface area contributed by atoms with Gasteiger partial charge < -0.3 is 14.4 Å². The summed E-state index contributed by atoms with van der Waals surface area (Å²) in [6, 6.07) is -0.234. The number of methoxy groups -OCH3 is 1. The molecule has 1 aliphatic heterocycles. The van der Waals surface area contributed by atoms with E-state index in [0.717, 1.165) is 25.7 Å². The normalized spacial score (nSPS) is 25.2. The molecule has 128 valence electrons. The van der Waals surface area contributed by atoms with Crippen LogP contribution in [0.3, 0.4) is 0 Å². The van der Waals surface area contributed by atoms with Crippen molar-refractivity contribution in [1.82, 2.24) is 4.90 Å². The van der Waals surface area contributed by atoms with Crippen molar-refractivity contribution >= 4 is 15.7 Å². The highest BCUT2D eigenvalue weighted by molar-refractivity contribution is 7.91. The van der Waals surface area contributed by atoms with Crippen molar-refractivity contribution in [2.24, 2.45) is 0 Å². The monoisotopic (exact) mass is 333 g/mol. The second kappa shape index (κ2) is 8.26. The fourth-order valence-electron chi connectivity index (χ4n) is 3.23. The van der Waals surface area contributed by atoms with Crippen molar-refractivity contribution in [2.75, 3.05) is 38.4 Å². The second-order valence-corrected chi connectivity index (χ2v) is 8.44. The highest BCUT2D eigenvalue weighted by atomic mass is 32.2. The molecule has 0 N–H and O–H groups in total. The molecule has 1 atom stereocenters. The van der Waals surface area contributed by atoms with Crippen molar-refractivity contribution in [2.45, 2.75) is 50.7 Å². The van der Waals surface area contributed by atoms with E-state index in [4.69, 9.17) is 9.47 Å². The molecule has 0 unspecified atom stereocenters. The van der Waals surface area contributed by atoms with Gasteiger partial charge in [-0.05, 0) is 19.3 Å². The van der Waals surface area contributed by atoms with Gasteiger partial charge in [0.2, 0.25) is 5.91 Å². The summed E-state index contributed by atoms with van der Waals surface area (Å²) in [6.07, 6.45) is 6.29. The number of hydrogen-bond acceptors (Lipinski definition) is 5. The van der Waals surface area contributed by atoms with Crippen LogP contribution in [0.4, 0.5) is 0 Å².